The molecule has 0 amide bonds. The van der Waals surface area contributed by atoms with Crippen LogP contribution in [-0.2, 0) is 13.0 Å². The number of phenols is 1. The number of hydrogen-bond acceptors (Lipinski definition) is 2. The molecule has 0 spiro atoms. The fourth-order valence-electron chi connectivity index (χ4n) is 1.78. The van der Waals surface area contributed by atoms with Crippen molar-refractivity contribution in [1.82, 2.24) is 5.32 Å². The zero-order chi connectivity index (χ0) is 13.7. The number of nitrogens with one attached hydrogen (secondary N) is 1. The predicted molar refractivity (Wildman–Crippen MR) is 85.4 cm³/mol. The van der Waals surface area contributed by atoms with Crippen LogP contribution in [0, 0.1) is 0 Å². The average Bonchev–Trinajstić information content (AvgIpc) is 2.41. The topological polar surface area (TPSA) is 32.3 Å². The van der Waals surface area contributed by atoms with Gasteiger partial charge in [0.15, 0.2) is 0 Å². The summed E-state index contributed by atoms with van der Waals surface area (Å²) in [6.45, 7) is 1.77. The van der Waals surface area contributed by atoms with Gasteiger partial charge in [-0.2, -0.15) is 0 Å². The number of aromatic hydroxyl groups is 1. The number of phenolic OH excluding ortho intramolecular Hbond substituents is 1. The van der Waals surface area contributed by atoms with Crippen molar-refractivity contribution >= 4 is 31.9 Å². The first-order chi connectivity index (χ1) is 9.15. The Morgan fingerprint density at radius 2 is 1.58 bits per heavy atom. The van der Waals surface area contributed by atoms with Gasteiger partial charge in [0.05, 0.1) is 0 Å². The Bertz CT molecular complexity index is 540. The number of halogens is 2. The van der Waals surface area contributed by atoms with Gasteiger partial charge in [0.25, 0.3) is 0 Å². The van der Waals surface area contributed by atoms with E-state index in [9.17, 15) is 5.11 Å². The number of benzene rings is 2. The molecule has 2 aromatic rings. The van der Waals surface area contributed by atoms with Gasteiger partial charge in [0.2, 0.25) is 0 Å². The van der Waals surface area contributed by atoms with E-state index in [0.717, 1.165) is 28.5 Å². The maximum atomic E-state index is 9.20. The van der Waals surface area contributed by atoms with Gasteiger partial charge >= 0.3 is 0 Å². The monoisotopic (exact) mass is 383 g/mol. The van der Waals surface area contributed by atoms with Gasteiger partial charge in [-0.3, -0.25) is 0 Å². The first kappa shape index (κ1) is 14.6. The normalized spacial score (nSPS) is 10.6. The lowest BCUT2D eigenvalue weighted by molar-refractivity contribution is 0.475. The Hall–Kier alpha value is -0.840. The molecule has 19 heavy (non-hydrogen) atoms. The summed E-state index contributed by atoms with van der Waals surface area (Å²) in [5, 5.41) is 12.6. The summed E-state index contributed by atoms with van der Waals surface area (Å²) in [6.07, 6.45) is 0.956. The molecule has 0 bridgehead atoms. The lowest BCUT2D eigenvalue weighted by atomic mass is 10.1. The first-order valence-electron chi connectivity index (χ1n) is 6.08. The molecule has 0 saturated carbocycles. The van der Waals surface area contributed by atoms with Crippen LogP contribution in [0.4, 0.5) is 0 Å². The van der Waals surface area contributed by atoms with E-state index in [1.54, 1.807) is 12.1 Å². The summed E-state index contributed by atoms with van der Waals surface area (Å²) >= 11 is 6.96. The van der Waals surface area contributed by atoms with Gasteiger partial charge in [-0.25, -0.2) is 0 Å². The molecule has 0 unspecified atom stereocenters. The van der Waals surface area contributed by atoms with E-state index >= 15 is 0 Å². The van der Waals surface area contributed by atoms with Crippen molar-refractivity contribution in [2.24, 2.45) is 0 Å². The van der Waals surface area contributed by atoms with Crippen molar-refractivity contribution in [1.29, 1.82) is 0 Å². The smallest absolute Gasteiger partial charge is 0.115 e. The van der Waals surface area contributed by atoms with Crippen molar-refractivity contribution in [2.45, 2.75) is 13.0 Å². The van der Waals surface area contributed by atoms with E-state index < -0.39 is 0 Å². The predicted octanol–water partition coefficient (Wildman–Crippen LogP) is 4.25. The van der Waals surface area contributed by atoms with Crippen LogP contribution in [0.3, 0.4) is 0 Å². The third-order valence-corrected chi connectivity index (χ3v) is 4.72. The van der Waals surface area contributed by atoms with Crippen molar-refractivity contribution in [2.75, 3.05) is 6.54 Å². The molecule has 2 rings (SSSR count). The maximum absolute atomic E-state index is 9.20. The lowest BCUT2D eigenvalue weighted by Gasteiger charge is -2.06. The summed E-state index contributed by atoms with van der Waals surface area (Å²) in [4.78, 5) is 0. The van der Waals surface area contributed by atoms with Gasteiger partial charge in [-0.1, -0.05) is 18.2 Å². The molecule has 0 aromatic heterocycles. The van der Waals surface area contributed by atoms with Gasteiger partial charge in [-0.05, 0) is 80.2 Å². The van der Waals surface area contributed by atoms with Crippen LogP contribution >= 0.6 is 31.9 Å². The molecule has 100 valence electrons. The van der Waals surface area contributed by atoms with Gasteiger partial charge in [0, 0.05) is 15.5 Å². The zero-order valence-electron chi connectivity index (χ0n) is 10.4. The van der Waals surface area contributed by atoms with Crippen LogP contribution in [0.2, 0.25) is 0 Å². The lowest BCUT2D eigenvalue weighted by Crippen LogP contribution is -2.16. The third-order valence-electron chi connectivity index (χ3n) is 2.84. The Labute approximate surface area is 130 Å². The second-order valence-corrected chi connectivity index (χ2v) is 6.05. The molecule has 2 aromatic carbocycles. The second kappa shape index (κ2) is 7.08. The summed E-state index contributed by atoms with van der Waals surface area (Å²) in [7, 11) is 0. The molecule has 0 atom stereocenters. The summed E-state index contributed by atoms with van der Waals surface area (Å²) in [6, 6.07) is 13.6. The molecule has 0 heterocycles. The highest BCUT2D eigenvalue weighted by molar-refractivity contribution is 9.13. The maximum Gasteiger partial charge on any atom is 0.115 e. The molecule has 2 N–H and O–H groups in total. The quantitative estimate of drug-likeness (QED) is 0.755. The highest BCUT2D eigenvalue weighted by Gasteiger charge is 1.99. The molecule has 2 nitrogen and oxygen atoms in total. The van der Waals surface area contributed by atoms with Crippen molar-refractivity contribution < 1.29 is 5.11 Å². The minimum Gasteiger partial charge on any atom is -0.508 e. The average molecular weight is 385 g/mol. The largest absolute Gasteiger partial charge is 0.508 e. The van der Waals surface area contributed by atoms with Crippen molar-refractivity contribution in [3.05, 3.63) is 62.5 Å². The van der Waals surface area contributed by atoms with Crippen LogP contribution < -0.4 is 5.32 Å². The third kappa shape index (κ3) is 4.64. The Balaban J connectivity index is 1.77. The van der Waals surface area contributed by atoms with Crippen LogP contribution in [0.25, 0.3) is 0 Å². The van der Waals surface area contributed by atoms with Gasteiger partial charge in [0.1, 0.15) is 5.75 Å². The zero-order valence-corrected chi connectivity index (χ0v) is 13.5. The molecule has 0 saturated heterocycles. The SMILES string of the molecule is Oc1ccc(CCNCc2ccc(Br)c(Br)c2)cc1. The number of hydrogen-bond donors (Lipinski definition) is 2. The van der Waals surface area contributed by atoms with E-state index in [0.29, 0.717) is 5.75 Å². The molecule has 4 heteroatoms. The Morgan fingerprint density at radius 3 is 2.26 bits per heavy atom. The highest BCUT2D eigenvalue weighted by Crippen LogP contribution is 2.23. The van der Waals surface area contributed by atoms with Crippen LogP contribution in [0.5, 0.6) is 5.75 Å². The Morgan fingerprint density at radius 1 is 0.895 bits per heavy atom. The van der Waals surface area contributed by atoms with Crippen LogP contribution in [-0.4, -0.2) is 11.7 Å². The van der Waals surface area contributed by atoms with Crippen LogP contribution in [0.1, 0.15) is 11.1 Å². The van der Waals surface area contributed by atoms with Crippen molar-refractivity contribution in [3.63, 3.8) is 0 Å². The summed E-state index contributed by atoms with van der Waals surface area (Å²) in [5.74, 6) is 0.316. The van der Waals surface area contributed by atoms with Gasteiger partial charge in [-0.15, -0.1) is 0 Å². The van der Waals surface area contributed by atoms with E-state index in [1.165, 1.54) is 11.1 Å². The summed E-state index contributed by atoms with van der Waals surface area (Å²) in [5.41, 5.74) is 2.48. The Kier molecular flexibility index (Phi) is 5.43. The molecule has 0 aliphatic heterocycles. The second-order valence-electron chi connectivity index (χ2n) is 4.34. The molecule has 0 radical (unpaired) electrons. The molecule has 0 aliphatic rings. The fourth-order valence-corrected chi connectivity index (χ4v) is 2.45. The standard InChI is InChI=1S/C15H15Br2NO/c16-14-6-3-12(9-15(14)17)10-18-8-7-11-1-4-13(19)5-2-11/h1-6,9,18-19H,7-8,10H2. The minimum atomic E-state index is 0.316. The van der Waals surface area contributed by atoms with Crippen LogP contribution in [0.15, 0.2) is 51.4 Å². The van der Waals surface area contributed by atoms with Crippen molar-refractivity contribution in [3.8, 4) is 5.75 Å². The molecule has 0 fully saturated rings. The first-order valence-corrected chi connectivity index (χ1v) is 7.66. The summed E-state index contributed by atoms with van der Waals surface area (Å²) < 4.78 is 2.14. The van der Waals surface area contributed by atoms with E-state index in [2.05, 4.69) is 49.3 Å². The molecule has 0 aliphatic carbocycles. The van der Waals surface area contributed by atoms with Gasteiger partial charge < -0.3 is 10.4 Å². The highest BCUT2D eigenvalue weighted by atomic mass is 79.9. The number of rotatable bonds is 5. The van der Waals surface area contributed by atoms with E-state index in [1.807, 2.05) is 18.2 Å². The molecular formula is C15H15Br2NO. The minimum absolute atomic E-state index is 0.316. The van der Waals surface area contributed by atoms with E-state index in [-0.39, 0.29) is 0 Å². The fraction of sp³-hybridized carbons (Fsp3) is 0.200. The van der Waals surface area contributed by atoms with E-state index in [4.69, 9.17) is 0 Å². The molecular weight excluding hydrogens is 370 g/mol.